The van der Waals surface area contributed by atoms with Crippen molar-refractivity contribution in [1.82, 2.24) is 4.98 Å². The third-order valence-corrected chi connectivity index (χ3v) is 4.29. The zero-order valence-electron chi connectivity index (χ0n) is 11.1. The zero-order valence-corrected chi connectivity index (χ0v) is 12.7. The van der Waals surface area contributed by atoms with E-state index in [1.54, 1.807) is 5.38 Å². The first kappa shape index (κ1) is 15.5. The van der Waals surface area contributed by atoms with Gasteiger partial charge in [0.2, 0.25) is 5.91 Å². The van der Waals surface area contributed by atoms with Crippen LogP contribution in [0.2, 0.25) is 0 Å². The third-order valence-electron chi connectivity index (χ3n) is 2.48. The number of nitrogens with zero attached hydrogens (tertiary/aromatic N) is 1. The summed E-state index contributed by atoms with van der Waals surface area (Å²) in [7, 11) is 0. The van der Waals surface area contributed by atoms with Gasteiger partial charge in [0, 0.05) is 11.1 Å². The van der Waals surface area contributed by atoms with Crippen LogP contribution in [0.25, 0.3) is 0 Å². The average Bonchev–Trinajstić information content (AvgIpc) is 2.86. The molecule has 0 aliphatic heterocycles. The van der Waals surface area contributed by atoms with E-state index in [1.165, 1.54) is 28.7 Å². The highest BCUT2D eigenvalue weighted by Crippen LogP contribution is 2.17. The normalized spacial score (nSPS) is 10.3. The lowest BCUT2D eigenvalue weighted by atomic mass is 10.2. The summed E-state index contributed by atoms with van der Waals surface area (Å²) in [6.07, 6.45) is -0.130. The second-order valence-electron chi connectivity index (χ2n) is 4.24. The van der Waals surface area contributed by atoms with Gasteiger partial charge in [-0.1, -0.05) is 30.3 Å². The topological polar surface area (TPSA) is 79.3 Å². The summed E-state index contributed by atoms with van der Waals surface area (Å²) in [6.45, 7) is 0. The van der Waals surface area contributed by atoms with Crippen molar-refractivity contribution in [3.8, 4) is 0 Å². The van der Waals surface area contributed by atoms with Crippen molar-refractivity contribution in [3.63, 3.8) is 0 Å². The van der Waals surface area contributed by atoms with E-state index < -0.39 is 5.97 Å². The number of benzene rings is 1. The molecule has 7 heteroatoms. The SMILES string of the molecule is O=C(O)Cc1csc(NC(=O)CSCc2ccccc2)n1. The Balaban J connectivity index is 1.74. The molecule has 2 aromatic rings. The van der Waals surface area contributed by atoms with Gasteiger partial charge in [-0.3, -0.25) is 9.59 Å². The number of carbonyl (C=O) groups excluding carboxylic acids is 1. The molecule has 1 aromatic heterocycles. The molecule has 110 valence electrons. The minimum absolute atomic E-state index is 0.130. The fraction of sp³-hybridized carbons (Fsp3) is 0.214. The van der Waals surface area contributed by atoms with Crippen LogP contribution in [0.15, 0.2) is 35.7 Å². The Bertz CT molecular complexity index is 614. The number of aliphatic carboxylic acids is 1. The van der Waals surface area contributed by atoms with Crippen LogP contribution in [0.1, 0.15) is 11.3 Å². The van der Waals surface area contributed by atoms with Crippen LogP contribution in [-0.4, -0.2) is 27.7 Å². The lowest BCUT2D eigenvalue weighted by molar-refractivity contribution is -0.136. The van der Waals surface area contributed by atoms with Gasteiger partial charge in [-0.2, -0.15) is 0 Å². The maximum Gasteiger partial charge on any atom is 0.309 e. The smallest absolute Gasteiger partial charge is 0.309 e. The predicted octanol–water partition coefficient (Wildman–Crippen LogP) is 2.64. The summed E-state index contributed by atoms with van der Waals surface area (Å²) >= 11 is 2.76. The molecule has 2 N–H and O–H groups in total. The Morgan fingerprint density at radius 3 is 2.76 bits per heavy atom. The number of carboxylic acid groups (broad SMARTS) is 1. The Morgan fingerprint density at radius 2 is 2.05 bits per heavy atom. The number of carboxylic acids is 1. The highest BCUT2D eigenvalue weighted by molar-refractivity contribution is 7.99. The van der Waals surface area contributed by atoms with Crippen LogP contribution >= 0.6 is 23.1 Å². The van der Waals surface area contributed by atoms with E-state index in [2.05, 4.69) is 10.3 Å². The fourth-order valence-electron chi connectivity index (χ4n) is 1.59. The number of thioether (sulfide) groups is 1. The van der Waals surface area contributed by atoms with Crippen LogP contribution in [0, 0.1) is 0 Å². The molecule has 0 saturated heterocycles. The molecule has 1 aromatic carbocycles. The molecule has 21 heavy (non-hydrogen) atoms. The van der Waals surface area contributed by atoms with Crippen molar-refractivity contribution in [2.45, 2.75) is 12.2 Å². The monoisotopic (exact) mass is 322 g/mol. The Morgan fingerprint density at radius 1 is 1.29 bits per heavy atom. The third kappa shape index (κ3) is 5.57. The molecule has 0 atom stereocenters. The number of carbonyl (C=O) groups is 2. The summed E-state index contributed by atoms with van der Waals surface area (Å²) in [5.41, 5.74) is 1.63. The lowest BCUT2D eigenvalue weighted by Gasteiger charge is -2.02. The van der Waals surface area contributed by atoms with E-state index in [1.807, 2.05) is 30.3 Å². The molecule has 0 unspecified atom stereocenters. The zero-order chi connectivity index (χ0) is 15.1. The van der Waals surface area contributed by atoms with Crippen molar-refractivity contribution in [3.05, 3.63) is 47.0 Å². The van der Waals surface area contributed by atoms with E-state index in [-0.39, 0.29) is 12.3 Å². The highest BCUT2D eigenvalue weighted by Gasteiger charge is 2.09. The van der Waals surface area contributed by atoms with Crippen molar-refractivity contribution in [1.29, 1.82) is 0 Å². The molecule has 0 spiro atoms. The molecule has 0 saturated carbocycles. The average molecular weight is 322 g/mol. The number of amides is 1. The minimum Gasteiger partial charge on any atom is -0.481 e. The molecule has 1 amide bonds. The van der Waals surface area contributed by atoms with Gasteiger partial charge >= 0.3 is 5.97 Å². The van der Waals surface area contributed by atoms with E-state index in [4.69, 9.17) is 5.11 Å². The van der Waals surface area contributed by atoms with E-state index >= 15 is 0 Å². The number of hydrogen-bond donors (Lipinski definition) is 2. The summed E-state index contributed by atoms with van der Waals surface area (Å²) < 4.78 is 0. The van der Waals surface area contributed by atoms with Gasteiger partial charge in [-0.05, 0) is 5.56 Å². The first-order chi connectivity index (χ1) is 10.1. The second kappa shape index (κ2) is 7.80. The van der Waals surface area contributed by atoms with Crippen molar-refractivity contribution in [2.24, 2.45) is 0 Å². The predicted molar refractivity (Wildman–Crippen MR) is 84.7 cm³/mol. The minimum atomic E-state index is -0.934. The number of hydrogen-bond acceptors (Lipinski definition) is 5. The quantitative estimate of drug-likeness (QED) is 0.819. The number of rotatable bonds is 7. The van der Waals surface area contributed by atoms with Gasteiger partial charge in [0.1, 0.15) is 0 Å². The molecule has 2 rings (SSSR count). The maximum absolute atomic E-state index is 11.8. The number of aromatic nitrogens is 1. The molecule has 0 aliphatic rings. The second-order valence-corrected chi connectivity index (χ2v) is 6.08. The van der Waals surface area contributed by atoms with Crippen molar-refractivity contribution < 1.29 is 14.7 Å². The summed E-state index contributed by atoms with van der Waals surface area (Å²) in [4.78, 5) is 26.4. The van der Waals surface area contributed by atoms with Crippen molar-refractivity contribution in [2.75, 3.05) is 11.1 Å². The van der Waals surface area contributed by atoms with Gasteiger partial charge < -0.3 is 10.4 Å². The Kier molecular flexibility index (Phi) is 5.77. The molecule has 0 aliphatic carbocycles. The molecular weight excluding hydrogens is 308 g/mol. The van der Waals surface area contributed by atoms with Gasteiger partial charge in [0.05, 0.1) is 17.9 Å². The summed E-state index contributed by atoms with van der Waals surface area (Å²) in [5.74, 6) is 0.0443. The van der Waals surface area contributed by atoms with Crippen LogP contribution in [0.4, 0.5) is 5.13 Å². The molecule has 0 radical (unpaired) electrons. The molecule has 0 fully saturated rings. The van der Waals surface area contributed by atoms with E-state index in [9.17, 15) is 9.59 Å². The Hall–Kier alpha value is -1.86. The van der Waals surface area contributed by atoms with Crippen LogP contribution in [0.3, 0.4) is 0 Å². The van der Waals surface area contributed by atoms with Gasteiger partial charge in [0.15, 0.2) is 5.13 Å². The summed E-state index contributed by atoms with van der Waals surface area (Å²) in [6, 6.07) is 9.93. The lowest BCUT2D eigenvalue weighted by Crippen LogP contribution is -2.14. The Labute approximate surface area is 130 Å². The number of nitrogens with one attached hydrogen (secondary N) is 1. The first-order valence-electron chi connectivity index (χ1n) is 6.21. The van der Waals surface area contributed by atoms with Gasteiger partial charge in [-0.25, -0.2) is 4.98 Å². The van der Waals surface area contributed by atoms with Crippen LogP contribution < -0.4 is 5.32 Å². The summed E-state index contributed by atoms with van der Waals surface area (Å²) in [5, 5.41) is 13.4. The van der Waals surface area contributed by atoms with Gasteiger partial charge in [-0.15, -0.1) is 23.1 Å². The van der Waals surface area contributed by atoms with Crippen LogP contribution in [-0.2, 0) is 21.8 Å². The number of anilines is 1. The molecule has 1 heterocycles. The maximum atomic E-state index is 11.8. The molecular formula is C14H14N2O3S2. The first-order valence-corrected chi connectivity index (χ1v) is 8.24. The van der Waals surface area contributed by atoms with Crippen molar-refractivity contribution >= 4 is 40.1 Å². The molecule has 5 nitrogen and oxygen atoms in total. The largest absolute Gasteiger partial charge is 0.481 e. The van der Waals surface area contributed by atoms with Gasteiger partial charge in [0.25, 0.3) is 0 Å². The highest BCUT2D eigenvalue weighted by atomic mass is 32.2. The van der Waals surface area contributed by atoms with E-state index in [0.717, 1.165) is 5.75 Å². The van der Waals surface area contributed by atoms with Crippen LogP contribution in [0.5, 0.6) is 0 Å². The number of thiazole rings is 1. The van der Waals surface area contributed by atoms with E-state index in [0.29, 0.717) is 16.6 Å². The fourth-order valence-corrected chi connectivity index (χ4v) is 3.11. The molecule has 0 bridgehead atoms. The standard InChI is InChI=1S/C14H14N2O3S2/c17-12(9-20-7-10-4-2-1-3-5-10)16-14-15-11(8-21-14)6-13(18)19/h1-5,8H,6-7,9H2,(H,18,19)(H,15,16,17).